The maximum Gasteiger partial charge on any atom is 0.274 e. The van der Waals surface area contributed by atoms with Gasteiger partial charge in [-0.05, 0) is 32.8 Å². The largest absolute Gasteiger partial charge is 0.349 e. The van der Waals surface area contributed by atoms with Gasteiger partial charge in [0.25, 0.3) is 11.8 Å². The lowest BCUT2D eigenvalue weighted by atomic mass is 10.0. The van der Waals surface area contributed by atoms with E-state index in [-0.39, 0.29) is 17.9 Å². The lowest BCUT2D eigenvalue weighted by Gasteiger charge is -2.40. The van der Waals surface area contributed by atoms with E-state index in [1.165, 1.54) is 28.2 Å². The Balaban J connectivity index is 1.30. The van der Waals surface area contributed by atoms with Crippen LogP contribution in [0.5, 0.6) is 0 Å². The van der Waals surface area contributed by atoms with Crippen molar-refractivity contribution in [2.75, 3.05) is 13.1 Å². The number of thiazole rings is 2. The van der Waals surface area contributed by atoms with E-state index in [2.05, 4.69) is 15.3 Å². The van der Waals surface area contributed by atoms with Crippen molar-refractivity contribution in [3.63, 3.8) is 0 Å². The highest BCUT2D eigenvalue weighted by atomic mass is 32.1. The van der Waals surface area contributed by atoms with Gasteiger partial charge in [0.15, 0.2) is 4.96 Å². The minimum atomic E-state index is -0.169. The molecule has 4 heterocycles. The molecule has 9 heteroatoms. The van der Waals surface area contributed by atoms with Crippen LogP contribution in [0.15, 0.2) is 35.8 Å². The molecule has 0 unspecified atom stereocenters. The number of nitrogens with one attached hydrogen (secondary N) is 1. The number of imidazole rings is 1. The zero-order valence-corrected chi connectivity index (χ0v) is 19.7. The van der Waals surface area contributed by atoms with E-state index < -0.39 is 0 Å². The molecule has 1 N–H and O–H groups in total. The second-order valence-corrected chi connectivity index (χ2v) is 10.1. The number of fused-ring (bicyclic) bond motifs is 1. The molecule has 0 aliphatic carbocycles. The fraction of sp³-hybridized carbons (Fsp3) is 0.304. The first-order chi connectivity index (χ1) is 15.4. The van der Waals surface area contributed by atoms with Crippen LogP contribution in [-0.4, -0.2) is 50.2 Å². The molecule has 1 fully saturated rings. The number of hydrogen-bond donors (Lipinski definition) is 1. The Morgan fingerprint density at radius 3 is 2.66 bits per heavy atom. The minimum absolute atomic E-state index is 0.0366. The van der Waals surface area contributed by atoms with Crippen molar-refractivity contribution < 1.29 is 9.59 Å². The van der Waals surface area contributed by atoms with Crippen LogP contribution in [-0.2, 0) is 0 Å². The predicted molar refractivity (Wildman–Crippen MR) is 127 cm³/mol. The maximum absolute atomic E-state index is 13.3. The van der Waals surface area contributed by atoms with Crippen LogP contribution in [0.3, 0.4) is 0 Å². The number of amides is 2. The summed E-state index contributed by atoms with van der Waals surface area (Å²) in [7, 11) is 0. The molecule has 1 aliphatic heterocycles. The molecule has 7 nitrogen and oxygen atoms in total. The molecule has 0 spiro atoms. The van der Waals surface area contributed by atoms with Gasteiger partial charge in [-0.25, -0.2) is 9.97 Å². The third-order valence-electron chi connectivity index (χ3n) is 5.81. The fourth-order valence-corrected chi connectivity index (χ4v) is 5.67. The van der Waals surface area contributed by atoms with Gasteiger partial charge >= 0.3 is 0 Å². The van der Waals surface area contributed by atoms with Gasteiger partial charge in [-0.3, -0.25) is 14.0 Å². The zero-order chi connectivity index (χ0) is 22.4. The number of carbonyl (C=O) groups excluding carboxylic acids is 2. The summed E-state index contributed by atoms with van der Waals surface area (Å²) in [5, 5.41) is 5.77. The summed E-state index contributed by atoms with van der Waals surface area (Å²) in [5.41, 5.74) is 3.94. The average molecular weight is 466 g/mol. The number of carbonyl (C=O) groups is 2. The predicted octanol–water partition coefficient (Wildman–Crippen LogP) is 4.09. The summed E-state index contributed by atoms with van der Waals surface area (Å²) < 4.78 is 1.81. The third-order valence-corrected chi connectivity index (χ3v) is 7.58. The van der Waals surface area contributed by atoms with Crippen LogP contribution in [0.25, 0.3) is 15.4 Å². The molecule has 1 atom stereocenters. The van der Waals surface area contributed by atoms with Gasteiger partial charge in [-0.15, -0.1) is 22.7 Å². The molecular weight excluding hydrogens is 442 g/mol. The van der Waals surface area contributed by atoms with E-state index in [9.17, 15) is 9.59 Å². The van der Waals surface area contributed by atoms with Crippen LogP contribution < -0.4 is 5.32 Å². The second kappa shape index (κ2) is 8.14. The van der Waals surface area contributed by atoms with Crippen LogP contribution in [0.2, 0.25) is 0 Å². The van der Waals surface area contributed by atoms with Crippen molar-refractivity contribution in [2.45, 2.75) is 33.2 Å². The number of hydrogen-bond acceptors (Lipinski definition) is 6. The molecule has 1 aliphatic rings. The summed E-state index contributed by atoms with van der Waals surface area (Å²) in [5.74, 6) is -0.242. The summed E-state index contributed by atoms with van der Waals surface area (Å²) in [4.78, 5) is 38.6. The van der Waals surface area contributed by atoms with Crippen molar-refractivity contribution in [2.24, 2.45) is 0 Å². The Hall–Kier alpha value is -3.04. The monoisotopic (exact) mass is 465 g/mol. The van der Waals surface area contributed by atoms with Crippen molar-refractivity contribution in [1.82, 2.24) is 24.6 Å². The molecule has 5 rings (SSSR count). The standard InChI is InChI=1S/C23H23N5O2S2/c1-13-4-6-16(7-5-13)20-18(26-15(3)32-20)22(30)27-9-8-17(27)12-24-21(29)19-14(2)25-23-28(19)10-11-31-23/h4-7,10-11,17H,8-9,12H2,1-3H3,(H,24,29)/t17-/m0/s1. The van der Waals surface area contributed by atoms with Gasteiger partial charge in [0, 0.05) is 24.7 Å². The molecule has 1 aromatic carbocycles. The summed E-state index contributed by atoms with van der Waals surface area (Å²) >= 11 is 3.03. The molecule has 3 aromatic heterocycles. The van der Waals surface area contributed by atoms with Crippen LogP contribution in [0.1, 0.15) is 43.7 Å². The molecule has 0 radical (unpaired) electrons. The fourth-order valence-electron chi connectivity index (χ4n) is 3.99. The molecule has 2 amide bonds. The van der Waals surface area contributed by atoms with E-state index in [4.69, 9.17) is 0 Å². The summed E-state index contributed by atoms with van der Waals surface area (Å²) in [6.45, 7) is 6.88. The zero-order valence-electron chi connectivity index (χ0n) is 18.1. The lowest BCUT2D eigenvalue weighted by molar-refractivity contribution is 0.0451. The smallest absolute Gasteiger partial charge is 0.274 e. The van der Waals surface area contributed by atoms with Gasteiger partial charge in [-0.1, -0.05) is 29.8 Å². The topological polar surface area (TPSA) is 79.6 Å². The molecule has 0 saturated carbocycles. The summed E-state index contributed by atoms with van der Waals surface area (Å²) in [6, 6.07) is 8.12. The van der Waals surface area contributed by atoms with Gasteiger partial charge in [0.1, 0.15) is 11.4 Å². The highest BCUT2D eigenvalue weighted by molar-refractivity contribution is 7.15. The Labute approximate surface area is 193 Å². The molecule has 0 bridgehead atoms. The molecule has 4 aromatic rings. The maximum atomic E-state index is 13.3. The van der Waals surface area contributed by atoms with Gasteiger partial charge in [-0.2, -0.15) is 0 Å². The Bertz CT molecular complexity index is 1320. The van der Waals surface area contributed by atoms with E-state index in [0.717, 1.165) is 26.8 Å². The van der Waals surface area contributed by atoms with E-state index in [1.807, 2.05) is 65.9 Å². The minimum Gasteiger partial charge on any atom is -0.349 e. The van der Waals surface area contributed by atoms with E-state index in [1.54, 1.807) is 0 Å². The number of aryl methyl sites for hydroxylation is 3. The Morgan fingerprint density at radius 1 is 1.16 bits per heavy atom. The van der Waals surface area contributed by atoms with Crippen molar-refractivity contribution in [1.29, 1.82) is 0 Å². The lowest BCUT2D eigenvalue weighted by Crippen LogP contribution is -2.56. The average Bonchev–Trinajstić information content (AvgIpc) is 3.41. The third kappa shape index (κ3) is 3.61. The molecule has 1 saturated heterocycles. The number of benzene rings is 1. The second-order valence-electron chi connectivity index (χ2n) is 8.03. The van der Waals surface area contributed by atoms with E-state index in [0.29, 0.717) is 30.2 Å². The quantitative estimate of drug-likeness (QED) is 0.482. The van der Waals surface area contributed by atoms with Crippen molar-refractivity contribution in [3.8, 4) is 10.4 Å². The van der Waals surface area contributed by atoms with Crippen LogP contribution in [0, 0.1) is 20.8 Å². The highest BCUT2D eigenvalue weighted by Crippen LogP contribution is 2.33. The van der Waals surface area contributed by atoms with Gasteiger partial charge < -0.3 is 10.2 Å². The number of likely N-dealkylation sites (tertiary alicyclic amines) is 1. The molecule has 32 heavy (non-hydrogen) atoms. The van der Waals surface area contributed by atoms with Crippen molar-refractivity contribution >= 4 is 39.4 Å². The van der Waals surface area contributed by atoms with Crippen LogP contribution >= 0.6 is 22.7 Å². The first-order valence-electron chi connectivity index (χ1n) is 10.5. The molecule has 164 valence electrons. The SMILES string of the molecule is Cc1ccc(-c2sc(C)nc2C(=O)N2CC[C@H]2CNC(=O)c2c(C)nc3sccn23)cc1. The first-order valence-corrected chi connectivity index (χ1v) is 12.2. The number of aromatic nitrogens is 3. The van der Waals surface area contributed by atoms with Crippen LogP contribution in [0.4, 0.5) is 0 Å². The van der Waals surface area contributed by atoms with Crippen molar-refractivity contribution in [3.05, 3.63) is 63.5 Å². The Kier molecular flexibility index (Phi) is 5.30. The Morgan fingerprint density at radius 2 is 1.94 bits per heavy atom. The van der Waals surface area contributed by atoms with E-state index >= 15 is 0 Å². The first kappa shape index (κ1) is 20.8. The highest BCUT2D eigenvalue weighted by Gasteiger charge is 2.35. The molecular formula is C23H23N5O2S2. The number of rotatable bonds is 5. The summed E-state index contributed by atoms with van der Waals surface area (Å²) in [6.07, 6.45) is 2.71. The number of nitrogens with zero attached hydrogens (tertiary/aromatic N) is 4. The normalized spacial score (nSPS) is 15.7. The van der Waals surface area contributed by atoms with Gasteiger partial charge in [0.05, 0.1) is 21.6 Å². The van der Waals surface area contributed by atoms with Gasteiger partial charge in [0.2, 0.25) is 0 Å².